The average molecular weight is 605 g/mol. The molecular formula is C34H28N12. The molecule has 8 rings (SSSR count). The normalized spacial score (nSPS) is 27.0. The summed E-state index contributed by atoms with van der Waals surface area (Å²) in [6.07, 6.45) is 5.58. The molecule has 0 aliphatic heterocycles. The first-order valence-corrected chi connectivity index (χ1v) is 15.0. The van der Waals surface area contributed by atoms with Crippen molar-refractivity contribution in [3.05, 3.63) is 161 Å². The predicted octanol–water partition coefficient (Wildman–Crippen LogP) is 11.9. The van der Waals surface area contributed by atoms with Crippen LogP contribution in [0.25, 0.3) is 41.8 Å². The molecule has 0 aromatic heterocycles. The Morgan fingerprint density at radius 1 is 0.326 bits per heavy atom. The Kier molecular flexibility index (Phi) is 6.86. The second kappa shape index (κ2) is 10.9. The SMILES string of the molecule is [N-]=[N+]=Nc1ccc(C23CC4(c5ccc(N=[N+]=[N-])cc5)CC(c5ccc(N=[N+]=[N-])cc5)(C2)CC(c2ccc(N=[N+]=[N-])cc2)(C3)C4)cc1. The van der Waals surface area contributed by atoms with Crippen LogP contribution in [0.15, 0.2) is 118 Å². The molecule has 0 radical (unpaired) electrons. The van der Waals surface area contributed by atoms with Gasteiger partial charge in [-0.05, 0) is 105 Å². The molecule has 0 N–H and O–H groups in total. The zero-order chi connectivity index (χ0) is 31.8. The number of nitrogens with zero attached hydrogens (tertiary/aromatic N) is 12. The van der Waals surface area contributed by atoms with Crippen LogP contribution in [0.3, 0.4) is 0 Å². The lowest BCUT2D eigenvalue weighted by atomic mass is 9.32. The van der Waals surface area contributed by atoms with Gasteiger partial charge >= 0.3 is 0 Å². The largest absolute Gasteiger partial charge is 0.0608 e. The van der Waals surface area contributed by atoms with Crippen molar-refractivity contribution in [1.29, 1.82) is 0 Å². The van der Waals surface area contributed by atoms with Crippen LogP contribution in [0.2, 0.25) is 0 Å². The fraction of sp³-hybridized carbons (Fsp3) is 0.294. The van der Waals surface area contributed by atoms with Gasteiger partial charge in [0.15, 0.2) is 0 Å². The van der Waals surface area contributed by atoms with Crippen LogP contribution in [-0.4, -0.2) is 0 Å². The highest BCUT2D eigenvalue weighted by Gasteiger charge is 2.69. The fourth-order valence-electron chi connectivity index (χ4n) is 9.59. The Morgan fingerprint density at radius 2 is 0.500 bits per heavy atom. The number of azide groups is 4. The van der Waals surface area contributed by atoms with Crippen molar-refractivity contribution in [1.82, 2.24) is 0 Å². The van der Waals surface area contributed by atoms with Crippen LogP contribution >= 0.6 is 0 Å². The standard InChI is InChI=1S/C34H28N12/c35-43-39-27-9-1-23(2-10-27)31-17-32(24-3-11-28(12-4-24)40-44-36)20-33(18-31,25-5-13-29(14-6-25)41-45-37)22-34(19-31,21-32)26-7-15-30(16-8-26)42-46-38/h1-16H,17-22H2. The van der Waals surface area contributed by atoms with E-state index in [0.717, 1.165) is 38.5 Å². The highest BCUT2D eigenvalue weighted by molar-refractivity contribution is 5.54. The highest BCUT2D eigenvalue weighted by Crippen LogP contribution is 2.74. The number of hydrogen-bond donors (Lipinski definition) is 0. The molecule has 224 valence electrons. The summed E-state index contributed by atoms with van der Waals surface area (Å²) in [5.74, 6) is 0. The predicted molar refractivity (Wildman–Crippen MR) is 175 cm³/mol. The van der Waals surface area contributed by atoms with Gasteiger partial charge in [0.1, 0.15) is 0 Å². The maximum Gasteiger partial charge on any atom is 0.0375 e. The summed E-state index contributed by atoms with van der Waals surface area (Å²) < 4.78 is 0. The van der Waals surface area contributed by atoms with Gasteiger partial charge in [-0.1, -0.05) is 118 Å². The molecule has 0 saturated heterocycles. The van der Waals surface area contributed by atoms with Crippen molar-refractivity contribution < 1.29 is 0 Å². The third-order valence-corrected chi connectivity index (χ3v) is 10.6. The summed E-state index contributed by atoms with van der Waals surface area (Å²) >= 11 is 0. The minimum absolute atomic E-state index is 0.222. The summed E-state index contributed by atoms with van der Waals surface area (Å²) in [6, 6.07) is 32.1. The lowest BCUT2D eigenvalue weighted by Crippen LogP contribution is -2.67. The maximum atomic E-state index is 9.04. The number of benzene rings is 4. The molecule has 4 aromatic carbocycles. The first-order chi connectivity index (χ1) is 22.4. The summed E-state index contributed by atoms with van der Waals surface area (Å²) in [5.41, 5.74) is 42.4. The van der Waals surface area contributed by atoms with Crippen LogP contribution < -0.4 is 0 Å². The van der Waals surface area contributed by atoms with E-state index in [1.807, 2.05) is 48.5 Å². The van der Waals surface area contributed by atoms with E-state index in [1.54, 1.807) is 0 Å². The van der Waals surface area contributed by atoms with Crippen molar-refractivity contribution in [3.63, 3.8) is 0 Å². The molecule has 0 unspecified atom stereocenters. The lowest BCUT2D eigenvalue weighted by Gasteiger charge is -2.71. The molecule has 4 aliphatic rings. The van der Waals surface area contributed by atoms with Crippen molar-refractivity contribution in [2.24, 2.45) is 20.5 Å². The first-order valence-electron chi connectivity index (χ1n) is 15.0. The third-order valence-electron chi connectivity index (χ3n) is 10.6. The maximum absolute atomic E-state index is 9.04. The molecule has 0 heterocycles. The van der Waals surface area contributed by atoms with E-state index in [0.29, 0.717) is 22.7 Å². The van der Waals surface area contributed by atoms with E-state index in [9.17, 15) is 0 Å². The molecule has 4 saturated carbocycles. The second-order valence-electron chi connectivity index (χ2n) is 13.1. The summed E-state index contributed by atoms with van der Waals surface area (Å²) in [6.45, 7) is 0. The summed E-state index contributed by atoms with van der Waals surface area (Å²) in [7, 11) is 0. The van der Waals surface area contributed by atoms with Gasteiger partial charge in [-0.3, -0.25) is 0 Å². The Morgan fingerprint density at radius 3 is 0.652 bits per heavy atom. The summed E-state index contributed by atoms with van der Waals surface area (Å²) in [5, 5.41) is 15.3. The van der Waals surface area contributed by atoms with Gasteiger partial charge in [0.2, 0.25) is 0 Å². The van der Waals surface area contributed by atoms with Gasteiger partial charge in [-0.15, -0.1) is 0 Å². The second-order valence-corrected chi connectivity index (χ2v) is 13.1. The van der Waals surface area contributed by atoms with Crippen LogP contribution in [-0.2, 0) is 21.7 Å². The topological polar surface area (TPSA) is 195 Å². The lowest BCUT2D eigenvalue weighted by molar-refractivity contribution is -0.0691. The zero-order valence-corrected chi connectivity index (χ0v) is 24.8. The number of hydrogen-bond acceptors (Lipinski definition) is 4. The zero-order valence-electron chi connectivity index (χ0n) is 24.8. The molecular weight excluding hydrogens is 576 g/mol. The first kappa shape index (κ1) is 28.9. The van der Waals surface area contributed by atoms with Gasteiger partial charge in [0.25, 0.3) is 0 Å². The average Bonchev–Trinajstić information content (AvgIpc) is 3.06. The molecule has 0 atom stereocenters. The fourth-order valence-corrected chi connectivity index (χ4v) is 9.59. The Hall–Kier alpha value is -5.88. The quantitative estimate of drug-likeness (QED) is 0.105. The third kappa shape index (κ3) is 4.66. The Bertz CT molecular complexity index is 1680. The Balaban J connectivity index is 1.48. The minimum atomic E-state index is -0.222. The van der Waals surface area contributed by atoms with Crippen LogP contribution in [0.4, 0.5) is 22.7 Å². The van der Waals surface area contributed by atoms with E-state index in [2.05, 4.69) is 88.6 Å². The number of rotatable bonds is 8. The van der Waals surface area contributed by atoms with Gasteiger partial charge < -0.3 is 0 Å². The van der Waals surface area contributed by atoms with Crippen molar-refractivity contribution >= 4 is 22.7 Å². The van der Waals surface area contributed by atoms with E-state index < -0.39 is 0 Å². The van der Waals surface area contributed by atoms with Gasteiger partial charge in [0.05, 0.1) is 0 Å². The molecule has 4 aromatic rings. The van der Waals surface area contributed by atoms with Crippen molar-refractivity contribution in [2.45, 2.75) is 60.2 Å². The van der Waals surface area contributed by atoms with Crippen LogP contribution in [0.1, 0.15) is 60.8 Å². The minimum Gasteiger partial charge on any atom is -0.0608 e. The smallest absolute Gasteiger partial charge is 0.0375 e. The summed E-state index contributed by atoms with van der Waals surface area (Å²) in [4.78, 5) is 11.9. The van der Waals surface area contributed by atoms with Crippen molar-refractivity contribution in [3.8, 4) is 0 Å². The molecule has 4 bridgehead atoms. The molecule has 12 nitrogen and oxygen atoms in total. The van der Waals surface area contributed by atoms with Gasteiger partial charge in [-0.2, -0.15) is 0 Å². The van der Waals surface area contributed by atoms with E-state index >= 15 is 0 Å². The molecule has 46 heavy (non-hydrogen) atoms. The van der Waals surface area contributed by atoms with Crippen LogP contribution in [0, 0.1) is 0 Å². The molecule has 4 aliphatic carbocycles. The Labute approximate surface area is 264 Å². The van der Waals surface area contributed by atoms with Gasteiger partial charge in [0, 0.05) is 42.4 Å². The van der Waals surface area contributed by atoms with E-state index in [4.69, 9.17) is 22.1 Å². The molecule has 0 spiro atoms. The molecule has 12 heteroatoms. The van der Waals surface area contributed by atoms with Gasteiger partial charge in [-0.25, -0.2) is 0 Å². The molecule has 4 fully saturated rings. The van der Waals surface area contributed by atoms with E-state index in [-0.39, 0.29) is 21.7 Å². The highest BCUT2D eigenvalue weighted by atomic mass is 15.1. The molecule has 0 amide bonds. The van der Waals surface area contributed by atoms with Crippen molar-refractivity contribution in [2.75, 3.05) is 0 Å². The monoisotopic (exact) mass is 604 g/mol. The van der Waals surface area contributed by atoms with Crippen LogP contribution in [0.5, 0.6) is 0 Å². The van der Waals surface area contributed by atoms with E-state index in [1.165, 1.54) is 22.3 Å².